The maximum Gasteiger partial charge on any atom is 0.407 e. The van der Waals surface area contributed by atoms with Crippen LogP contribution in [0, 0.1) is 5.92 Å². The largest absolute Gasteiger partial charge is 0.444 e. The van der Waals surface area contributed by atoms with E-state index >= 15 is 0 Å². The molecule has 17 heavy (non-hydrogen) atoms. The van der Waals surface area contributed by atoms with Gasteiger partial charge in [0.15, 0.2) is 0 Å². The molecular formula is C13H23NO3. The van der Waals surface area contributed by atoms with Crippen LogP contribution in [0.4, 0.5) is 4.79 Å². The number of nitrogens with one attached hydrogen (secondary N) is 1. The molecule has 2 aliphatic rings. The lowest BCUT2D eigenvalue weighted by molar-refractivity contribution is 0.0485. The number of carbonyl (C=O) groups excluding carboxylic acids is 1. The van der Waals surface area contributed by atoms with Crippen molar-refractivity contribution in [2.75, 3.05) is 6.61 Å². The van der Waals surface area contributed by atoms with Gasteiger partial charge in [0, 0.05) is 6.04 Å². The molecule has 1 saturated carbocycles. The summed E-state index contributed by atoms with van der Waals surface area (Å²) >= 11 is 0. The molecule has 2 fully saturated rings. The molecule has 0 radical (unpaired) electrons. The van der Waals surface area contributed by atoms with Crippen molar-refractivity contribution in [3.05, 3.63) is 0 Å². The Kier molecular flexibility index (Phi) is 3.61. The van der Waals surface area contributed by atoms with E-state index in [0.29, 0.717) is 12.0 Å². The Balaban J connectivity index is 1.68. The lowest BCUT2D eigenvalue weighted by Gasteiger charge is -2.29. The second kappa shape index (κ2) is 4.84. The maximum absolute atomic E-state index is 11.6. The standard InChI is InChI=1S/C13H23NO3/c1-13(2,3)17-12(15)14-10-6-4-9(5-7-10)11-8-16-11/h9-11H,4-8H2,1-3H3,(H,14,15). The fourth-order valence-corrected chi connectivity index (χ4v) is 2.44. The van der Waals surface area contributed by atoms with E-state index in [0.717, 1.165) is 32.3 Å². The summed E-state index contributed by atoms with van der Waals surface area (Å²) in [7, 11) is 0. The van der Waals surface area contributed by atoms with Gasteiger partial charge in [-0.1, -0.05) is 0 Å². The van der Waals surface area contributed by atoms with Crippen molar-refractivity contribution in [1.29, 1.82) is 0 Å². The minimum atomic E-state index is -0.414. The van der Waals surface area contributed by atoms with Crippen LogP contribution in [0.5, 0.6) is 0 Å². The number of ether oxygens (including phenoxy) is 2. The van der Waals surface area contributed by atoms with Crippen molar-refractivity contribution >= 4 is 6.09 Å². The monoisotopic (exact) mass is 241 g/mol. The van der Waals surface area contributed by atoms with Gasteiger partial charge in [0.05, 0.1) is 12.7 Å². The zero-order chi connectivity index (χ0) is 12.5. The van der Waals surface area contributed by atoms with E-state index in [-0.39, 0.29) is 12.1 Å². The van der Waals surface area contributed by atoms with Crippen molar-refractivity contribution < 1.29 is 14.3 Å². The summed E-state index contributed by atoms with van der Waals surface area (Å²) in [5.41, 5.74) is -0.414. The fraction of sp³-hybridized carbons (Fsp3) is 0.923. The molecule has 0 aromatic heterocycles. The quantitative estimate of drug-likeness (QED) is 0.756. The van der Waals surface area contributed by atoms with Gasteiger partial charge < -0.3 is 14.8 Å². The first-order valence-electron chi connectivity index (χ1n) is 6.55. The summed E-state index contributed by atoms with van der Waals surface area (Å²) in [5.74, 6) is 0.715. The number of epoxide rings is 1. The highest BCUT2D eigenvalue weighted by molar-refractivity contribution is 5.68. The van der Waals surface area contributed by atoms with Crippen LogP contribution in [-0.4, -0.2) is 30.4 Å². The summed E-state index contributed by atoms with van der Waals surface area (Å²) in [6.45, 7) is 6.59. The average molecular weight is 241 g/mol. The van der Waals surface area contributed by atoms with Crippen LogP contribution in [0.3, 0.4) is 0 Å². The predicted octanol–water partition coefficient (Wildman–Crippen LogP) is 2.47. The molecule has 4 heteroatoms. The molecule has 2 rings (SSSR count). The average Bonchev–Trinajstić information content (AvgIpc) is 2.99. The van der Waals surface area contributed by atoms with E-state index in [1.165, 1.54) is 0 Å². The molecule has 0 aromatic carbocycles. The first-order chi connectivity index (χ1) is 7.94. The molecule has 4 nitrogen and oxygen atoms in total. The van der Waals surface area contributed by atoms with Crippen LogP contribution in [-0.2, 0) is 9.47 Å². The van der Waals surface area contributed by atoms with Crippen molar-refractivity contribution in [2.24, 2.45) is 5.92 Å². The van der Waals surface area contributed by atoms with Gasteiger partial charge in [-0.2, -0.15) is 0 Å². The first-order valence-corrected chi connectivity index (χ1v) is 6.55. The Bertz CT molecular complexity index is 273. The Labute approximate surface area is 103 Å². The van der Waals surface area contributed by atoms with Gasteiger partial charge in [0.1, 0.15) is 5.60 Å². The van der Waals surface area contributed by atoms with E-state index in [1.54, 1.807) is 0 Å². The van der Waals surface area contributed by atoms with Gasteiger partial charge in [-0.15, -0.1) is 0 Å². The summed E-state index contributed by atoms with van der Waals surface area (Å²) < 4.78 is 10.6. The molecule has 1 heterocycles. The smallest absolute Gasteiger partial charge is 0.407 e. The molecule has 1 saturated heterocycles. The van der Waals surface area contributed by atoms with Gasteiger partial charge in [-0.05, 0) is 52.4 Å². The van der Waals surface area contributed by atoms with E-state index in [2.05, 4.69) is 5.32 Å². The van der Waals surface area contributed by atoms with Crippen molar-refractivity contribution in [2.45, 2.75) is 64.2 Å². The molecule has 98 valence electrons. The van der Waals surface area contributed by atoms with Gasteiger partial charge in [-0.3, -0.25) is 0 Å². The highest BCUT2D eigenvalue weighted by atomic mass is 16.6. The zero-order valence-corrected chi connectivity index (χ0v) is 11.0. The Hall–Kier alpha value is -0.770. The fourth-order valence-electron chi connectivity index (χ4n) is 2.44. The summed E-state index contributed by atoms with van der Waals surface area (Å²) in [4.78, 5) is 11.6. The lowest BCUT2D eigenvalue weighted by atomic mass is 9.84. The van der Waals surface area contributed by atoms with Crippen LogP contribution in [0.15, 0.2) is 0 Å². The molecule has 1 N–H and O–H groups in total. The zero-order valence-electron chi connectivity index (χ0n) is 11.0. The maximum atomic E-state index is 11.6. The number of alkyl carbamates (subject to hydrolysis) is 1. The number of hydrogen-bond donors (Lipinski definition) is 1. The molecule has 1 aliphatic carbocycles. The van der Waals surface area contributed by atoms with Crippen molar-refractivity contribution in [3.8, 4) is 0 Å². The van der Waals surface area contributed by atoms with E-state index in [4.69, 9.17) is 9.47 Å². The normalized spacial score (nSPS) is 33.0. The molecule has 0 bridgehead atoms. The molecule has 1 unspecified atom stereocenters. The molecule has 1 amide bonds. The van der Waals surface area contributed by atoms with Gasteiger partial charge in [-0.25, -0.2) is 4.79 Å². The molecule has 0 spiro atoms. The highest BCUT2D eigenvalue weighted by Gasteiger charge is 2.35. The molecule has 0 aromatic rings. The summed E-state index contributed by atoms with van der Waals surface area (Å²) in [6.07, 6.45) is 4.63. The topological polar surface area (TPSA) is 50.9 Å². The lowest BCUT2D eigenvalue weighted by Crippen LogP contribution is -2.41. The third-order valence-corrected chi connectivity index (χ3v) is 3.38. The molecule has 1 aliphatic heterocycles. The van der Waals surface area contributed by atoms with Crippen LogP contribution in [0.25, 0.3) is 0 Å². The van der Waals surface area contributed by atoms with E-state index in [1.807, 2.05) is 20.8 Å². The summed E-state index contributed by atoms with van der Waals surface area (Å²) in [6, 6.07) is 0.278. The van der Waals surface area contributed by atoms with Crippen LogP contribution < -0.4 is 5.32 Å². The van der Waals surface area contributed by atoms with Crippen LogP contribution >= 0.6 is 0 Å². The Morgan fingerprint density at radius 3 is 2.29 bits per heavy atom. The van der Waals surface area contributed by atoms with E-state index in [9.17, 15) is 4.79 Å². The first kappa shape index (κ1) is 12.7. The second-order valence-electron chi connectivity index (χ2n) is 6.13. The van der Waals surface area contributed by atoms with E-state index < -0.39 is 5.60 Å². The third kappa shape index (κ3) is 4.19. The predicted molar refractivity (Wildman–Crippen MR) is 64.9 cm³/mol. The Morgan fingerprint density at radius 2 is 1.82 bits per heavy atom. The van der Waals surface area contributed by atoms with Crippen LogP contribution in [0.2, 0.25) is 0 Å². The third-order valence-electron chi connectivity index (χ3n) is 3.38. The number of amides is 1. The number of rotatable bonds is 2. The Morgan fingerprint density at radius 1 is 1.24 bits per heavy atom. The van der Waals surface area contributed by atoms with Gasteiger partial charge >= 0.3 is 6.09 Å². The van der Waals surface area contributed by atoms with Crippen molar-refractivity contribution in [1.82, 2.24) is 5.32 Å². The minimum absolute atomic E-state index is 0.278. The van der Waals surface area contributed by atoms with Gasteiger partial charge in [0.2, 0.25) is 0 Å². The molecular weight excluding hydrogens is 218 g/mol. The highest BCUT2D eigenvalue weighted by Crippen LogP contribution is 2.33. The minimum Gasteiger partial charge on any atom is -0.444 e. The van der Waals surface area contributed by atoms with Crippen LogP contribution in [0.1, 0.15) is 46.5 Å². The number of carbonyl (C=O) groups is 1. The van der Waals surface area contributed by atoms with Gasteiger partial charge in [0.25, 0.3) is 0 Å². The molecule has 1 atom stereocenters. The second-order valence-corrected chi connectivity index (χ2v) is 6.13. The SMILES string of the molecule is CC(C)(C)OC(=O)NC1CCC(C2CO2)CC1. The number of hydrogen-bond acceptors (Lipinski definition) is 3. The summed E-state index contributed by atoms with van der Waals surface area (Å²) in [5, 5.41) is 2.95. The van der Waals surface area contributed by atoms with Crippen molar-refractivity contribution in [3.63, 3.8) is 0 Å².